The molecule has 1 N–H and O–H groups in total. The van der Waals surface area contributed by atoms with Crippen LogP contribution in [0.3, 0.4) is 0 Å². The summed E-state index contributed by atoms with van der Waals surface area (Å²) in [5, 5.41) is 10.1. The molecule has 1 unspecified atom stereocenters. The Kier molecular flexibility index (Phi) is 4.87. The van der Waals surface area contributed by atoms with Gasteiger partial charge >= 0.3 is 5.97 Å². The smallest absolute Gasteiger partial charge is 0.308 e. The number of amides is 1. The third kappa shape index (κ3) is 3.51. The minimum Gasteiger partial charge on any atom is -0.481 e. The number of hydrogen-bond acceptors (Lipinski definition) is 3. The number of carboxylic acid groups (broad SMARTS) is 1. The summed E-state index contributed by atoms with van der Waals surface area (Å²) in [4.78, 5) is 25.8. The van der Waals surface area contributed by atoms with E-state index in [4.69, 9.17) is 16.3 Å². The number of carbonyl (C=O) groups excluding carboxylic acids is 1. The van der Waals surface area contributed by atoms with E-state index in [1.807, 2.05) is 12.1 Å². The largest absolute Gasteiger partial charge is 0.481 e. The topological polar surface area (TPSA) is 66.8 Å². The van der Waals surface area contributed by atoms with E-state index in [-0.39, 0.29) is 18.4 Å². The Morgan fingerprint density at radius 2 is 1.91 bits per heavy atom. The van der Waals surface area contributed by atoms with E-state index in [1.54, 1.807) is 17.0 Å². The molecule has 2 fully saturated rings. The zero-order chi connectivity index (χ0) is 16.4. The van der Waals surface area contributed by atoms with Gasteiger partial charge in [0.2, 0.25) is 0 Å². The Bertz CT molecular complexity index is 583. The molecule has 0 spiro atoms. The van der Waals surface area contributed by atoms with Crippen molar-refractivity contribution in [2.24, 2.45) is 5.92 Å². The third-order valence-corrected chi connectivity index (χ3v) is 4.95. The quantitative estimate of drug-likeness (QED) is 0.920. The molecule has 1 aromatic rings. The van der Waals surface area contributed by atoms with Crippen LogP contribution >= 0.6 is 11.6 Å². The zero-order valence-electron chi connectivity index (χ0n) is 12.8. The van der Waals surface area contributed by atoms with Gasteiger partial charge in [0.1, 0.15) is 6.10 Å². The Morgan fingerprint density at radius 3 is 2.52 bits per heavy atom. The number of carbonyl (C=O) groups is 2. The molecule has 0 radical (unpaired) electrons. The first-order valence-electron chi connectivity index (χ1n) is 7.95. The fraction of sp³-hybridized carbons (Fsp3) is 0.529. The van der Waals surface area contributed by atoms with Crippen LogP contribution in [0.4, 0.5) is 0 Å². The molecule has 0 saturated carbocycles. The van der Waals surface area contributed by atoms with Crippen LogP contribution in [-0.4, -0.2) is 47.7 Å². The summed E-state index contributed by atoms with van der Waals surface area (Å²) >= 11 is 5.90. The van der Waals surface area contributed by atoms with E-state index in [0.29, 0.717) is 18.2 Å². The molecular formula is C17H20ClNO4. The highest BCUT2D eigenvalue weighted by Gasteiger charge is 2.42. The average Bonchev–Trinajstić information content (AvgIpc) is 3.01. The zero-order valence-corrected chi connectivity index (χ0v) is 13.5. The summed E-state index contributed by atoms with van der Waals surface area (Å²) in [6, 6.07) is 7.19. The van der Waals surface area contributed by atoms with E-state index < -0.39 is 18.0 Å². The molecule has 3 rings (SSSR count). The third-order valence-electron chi connectivity index (χ3n) is 4.70. The molecule has 1 amide bonds. The van der Waals surface area contributed by atoms with E-state index in [2.05, 4.69) is 0 Å². The van der Waals surface area contributed by atoms with Gasteiger partial charge in [-0.2, -0.15) is 0 Å². The van der Waals surface area contributed by atoms with Crippen LogP contribution in [0.25, 0.3) is 0 Å². The molecular weight excluding hydrogens is 318 g/mol. The van der Waals surface area contributed by atoms with Crippen LogP contribution in [-0.2, 0) is 14.3 Å². The second-order valence-electron chi connectivity index (χ2n) is 6.20. The molecule has 2 aliphatic rings. The van der Waals surface area contributed by atoms with Crippen molar-refractivity contribution in [3.05, 3.63) is 34.9 Å². The summed E-state index contributed by atoms with van der Waals surface area (Å²) in [7, 11) is 0. The molecule has 2 heterocycles. The average molecular weight is 338 g/mol. The molecule has 0 bridgehead atoms. The highest BCUT2D eigenvalue weighted by Crippen LogP contribution is 2.34. The van der Waals surface area contributed by atoms with Crippen molar-refractivity contribution >= 4 is 23.5 Å². The van der Waals surface area contributed by atoms with Crippen molar-refractivity contribution in [1.29, 1.82) is 0 Å². The van der Waals surface area contributed by atoms with Crippen molar-refractivity contribution in [2.45, 2.75) is 31.3 Å². The number of aliphatic carboxylic acids is 1. The number of halogens is 1. The number of ether oxygens (including phenoxy) is 1. The summed E-state index contributed by atoms with van der Waals surface area (Å²) in [6.45, 7) is 1.26. The highest BCUT2D eigenvalue weighted by molar-refractivity contribution is 6.30. The maximum Gasteiger partial charge on any atom is 0.308 e. The summed E-state index contributed by atoms with van der Waals surface area (Å²) in [6.07, 6.45) is 2.27. The first-order chi connectivity index (χ1) is 11.1. The van der Waals surface area contributed by atoms with Gasteiger partial charge in [0.25, 0.3) is 5.91 Å². The fourth-order valence-electron chi connectivity index (χ4n) is 3.42. The fourth-order valence-corrected chi connectivity index (χ4v) is 3.55. The highest BCUT2D eigenvalue weighted by atomic mass is 35.5. The van der Waals surface area contributed by atoms with Crippen molar-refractivity contribution in [3.8, 4) is 0 Å². The van der Waals surface area contributed by atoms with Crippen LogP contribution in [0.1, 0.15) is 30.7 Å². The van der Waals surface area contributed by atoms with E-state index in [1.165, 1.54) is 0 Å². The molecule has 2 aliphatic heterocycles. The SMILES string of the molecule is O=C(O)[C@@H]1CN(C(=O)C2CCCCO2)C[C@H]1c1ccc(Cl)cc1. The van der Waals surface area contributed by atoms with Crippen LogP contribution < -0.4 is 0 Å². The van der Waals surface area contributed by atoms with E-state index in [0.717, 1.165) is 24.8 Å². The summed E-state index contributed by atoms with van der Waals surface area (Å²) in [5.74, 6) is -1.75. The van der Waals surface area contributed by atoms with Crippen LogP contribution in [0.2, 0.25) is 5.02 Å². The second-order valence-corrected chi connectivity index (χ2v) is 6.64. The second kappa shape index (κ2) is 6.89. The number of rotatable bonds is 3. The van der Waals surface area contributed by atoms with Crippen molar-refractivity contribution in [3.63, 3.8) is 0 Å². The molecule has 23 heavy (non-hydrogen) atoms. The van der Waals surface area contributed by atoms with Crippen LogP contribution in [0.15, 0.2) is 24.3 Å². The maximum absolute atomic E-state index is 12.6. The van der Waals surface area contributed by atoms with Crippen molar-refractivity contribution in [1.82, 2.24) is 4.90 Å². The normalized spacial score (nSPS) is 27.9. The lowest BCUT2D eigenvalue weighted by atomic mass is 9.89. The van der Waals surface area contributed by atoms with Gasteiger partial charge in [-0.1, -0.05) is 23.7 Å². The summed E-state index contributed by atoms with van der Waals surface area (Å²) < 4.78 is 5.55. The number of carboxylic acids is 1. The Morgan fingerprint density at radius 1 is 1.17 bits per heavy atom. The molecule has 0 aliphatic carbocycles. The number of nitrogens with zero attached hydrogens (tertiary/aromatic N) is 1. The van der Waals surface area contributed by atoms with Crippen molar-refractivity contribution in [2.75, 3.05) is 19.7 Å². The Labute approximate surface area is 140 Å². The van der Waals surface area contributed by atoms with Gasteiger partial charge in [-0.3, -0.25) is 9.59 Å². The van der Waals surface area contributed by atoms with Crippen molar-refractivity contribution < 1.29 is 19.4 Å². The van der Waals surface area contributed by atoms with Crippen LogP contribution in [0, 0.1) is 5.92 Å². The Hall–Kier alpha value is -1.59. The number of hydrogen-bond donors (Lipinski definition) is 1. The predicted octanol–water partition coefficient (Wildman–Crippen LogP) is 2.54. The van der Waals surface area contributed by atoms with Gasteiger partial charge in [0.15, 0.2) is 0 Å². The first-order valence-corrected chi connectivity index (χ1v) is 8.32. The lowest BCUT2D eigenvalue weighted by molar-refractivity contribution is -0.146. The first kappa shape index (κ1) is 16.3. The lowest BCUT2D eigenvalue weighted by Gasteiger charge is -2.26. The van der Waals surface area contributed by atoms with Gasteiger partial charge in [-0.05, 0) is 37.0 Å². The minimum absolute atomic E-state index is 0.0765. The summed E-state index contributed by atoms with van der Waals surface area (Å²) in [5.41, 5.74) is 0.904. The minimum atomic E-state index is -0.871. The molecule has 5 nitrogen and oxygen atoms in total. The van der Waals surface area contributed by atoms with Gasteiger partial charge in [-0.15, -0.1) is 0 Å². The monoisotopic (exact) mass is 337 g/mol. The standard InChI is InChI=1S/C17H20ClNO4/c18-12-6-4-11(5-7-12)13-9-19(10-14(13)17(21)22)16(20)15-3-1-2-8-23-15/h4-7,13-15H,1-3,8-10H2,(H,21,22)/t13-,14+,15?/m0/s1. The Balaban J connectivity index is 1.76. The van der Waals surface area contributed by atoms with E-state index >= 15 is 0 Å². The van der Waals surface area contributed by atoms with Gasteiger partial charge < -0.3 is 14.7 Å². The van der Waals surface area contributed by atoms with Crippen LogP contribution in [0.5, 0.6) is 0 Å². The number of benzene rings is 1. The molecule has 3 atom stereocenters. The molecule has 6 heteroatoms. The molecule has 2 saturated heterocycles. The van der Waals surface area contributed by atoms with E-state index in [9.17, 15) is 14.7 Å². The lowest BCUT2D eigenvalue weighted by Crippen LogP contribution is -2.41. The van der Waals surface area contributed by atoms with Gasteiger partial charge in [0, 0.05) is 30.6 Å². The molecule has 124 valence electrons. The van der Waals surface area contributed by atoms with Gasteiger partial charge in [-0.25, -0.2) is 0 Å². The molecule has 0 aromatic heterocycles. The number of likely N-dealkylation sites (tertiary alicyclic amines) is 1. The van der Waals surface area contributed by atoms with Gasteiger partial charge in [0.05, 0.1) is 5.92 Å². The predicted molar refractivity (Wildman–Crippen MR) is 85.5 cm³/mol. The maximum atomic E-state index is 12.6. The molecule has 1 aromatic carbocycles.